The van der Waals surface area contributed by atoms with Crippen molar-refractivity contribution in [1.82, 2.24) is 15.5 Å². The normalized spacial score (nSPS) is 21.4. The van der Waals surface area contributed by atoms with Gasteiger partial charge in [-0.05, 0) is 58.3 Å². The smallest absolute Gasteiger partial charge is 0.220 e. The van der Waals surface area contributed by atoms with Gasteiger partial charge in [0.15, 0.2) is 0 Å². The molecule has 0 radical (unpaired) electrons. The third-order valence-corrected chi connectivity index (χ3v) is 4.01. The quantitative estimate of drug-likeness (QED) is 0.704. The van der Waals surface area contributed by atoms with Crippen LogP contribution in [0.25, 0.3) is 0 Å². The van der Waals surface area contributed by atoms with Crippen LogP contribution in [-0.2, 0) is 4.79 Å². The summed E-state index contributed by atoms with van der Waals surface area (Å²) in [7, 11) is 0. The predicted octanol–water partition coefficient (Wildman–Crippen LogP) is 1.61. The monoisotopic (exact) mass is 269 g/mol. The van der Waals surface area contributed by atoms with Crippen molar-refractivity contribution < 1.29 is 4.79 Å². The van der Waals surface area contributed by atoms with Crippen LogP contribution in [0.4, 0.5) is 0 Å². The van der Waals surface area contributed by atoms with Gasteiger partial charge < -0.3 is 15.5 Å². The van der Waals surface area contributed by atoms with E-state index in [-0.39, 0.29) is 11.9 Å². The van der Waals surface area contributed by atoms with Gasteiger partial charge in [0.05, 0.1) is 0 Å². The van der Waals surface area contributed by atoms with Crippen LogP contribution >= 0.6 is 0 Å². The molecule has 112 valence electrons. The van der Waals surface area contributed by atoms with Gasteiger partial charge in [0.25, 0.3) is 0 Å². The van der Waals surface area contributed by atoms with Gasteiger partial charge in [-0.25, -0.2) is 0 Å². The number of carbonyl (C=O) groups is 1. The molecular formula is C15H31N3O. The van der Waals surface area contributed by atoms with Gasteiger partial charge in [0.1, 0.15) is 0 Å². The Kier molecular flexibility index (Phi) is 8.07. The number of likely N-dealkylation sites (N-methyl/N-ethyl adjacent to an activating group) is 1. The number of piperidine rings is 1. The van der Waals surface area contributed by atoms with Crippen LogP contribution < -0.4 is 10.6 Å². The third kappa shape index (κ3) is 6.92. The van der Waals surface area contributed by atoms with E-state index in [0.29, 0.717) is 12.3 Å². The lowest BCUT2D eigenvalue weighted by Crippen LogP contribution is -2.42. The van der Waals surface area contributed by atoms with Crippen LogP contribution in [0, 0.1) is 5.92 Å². The molecule has 1 aliphatic rings. The van der Waals surface area contributed by atoms with E-state index in [1.54, 1.807) is 0 Å². The lowest BCUT2D eigenvalue weighted by Gasteiger charge is -2.24. The number of hydrogen-bond donors (Lipinski definition) is 2. The minimum atomic E-state index is 0.213. The first kappa shape index (κ1) is 16.4. The Balaban J connectivity index is 2.15. The Labute approximate surface area is 118 Å². The summed E-state index contributed by atoms with van der Waals surface area (Å²) in [5.74, 6) is 0.905. The van der Waals surface area contributed by atoms with Crippen LogP contribution in [0.1, 0.15) is 46.5 Å². The number of amides is 1. The summed E-state index contributed by atoms with van der Waals surface area (Å²) in [6.45, 7) is 11.7. The number of hydrogen-bond acceptors (Lipinski definition) is 3. The van der Waals surface area contributed by atoms with E-state index in [1.807, 2.05) is 0 Å². The van der Waals surface area contributed by atoms with Gasteiger partial charge in [0, 0.05) is 19.0 Å². The maximum absolute atomic E-state index is 11.9. The fraction of sp³-hybridized carbons (Fsp3) is 0.933. The molecule has 1 aliphatic heterocycles. The highest BCUT2D eigenvalue weighted by Gasteiger charge is 2.15. The fourth-order valence-corrected chi connectivity index (χ4v) is 2.77. The molecule has 0 aromatic carbocycles. The Morgan fingerprint density at radius 2 is 2.16 bits per heavy atom. The maximum atomic E-state index is 11.9. The molecule has 0 bridgehead atoms. The molecule has 19 heavy (non-hydrogen) atoms. The SMILES string of the molecule is CCN(CC)CC(C)NC(=O)CCC1CCCNC1. The summed E-state index contributed by atoms with van der Waals surface area (Å²) in [5.41, 5.74) is 0. The lowest BCUT2D eigenvalue weighted by atomic mass is 9.94. The zero-order valence-corrected chi connectivity index (χ0v) is 12.9. The summed E-state index contributed by atoms with van der Waals surface area (Å²) in [6.07, 6.45) is 4.23. The van der Waals surface area contributed by atoms with Crippen molar-refractivity contribution in [2.75, 3.05) is 32.7 Å². The molecule has 1 fully saturated rings. The lowest BCUT2D eigenvalue weighted by molar-refractivity contribution is -0.122. The molecule has 1 saturated heterocycles. The highest BCUT2D eigenvalue weighted by Crippen LogP contribution is 2.15. The Morgan fingerprint density at radius 1 is 1.42 bits per heavy atom. The Hall–Kier alpha value is -0.610. The molecule has 1 heterocycles. The van der Waals surface area contributed by atoms with Crippen LogP contribution in [0.5, 0.6) is 0 Å². The maximum Gasteiger partial charge on any atom is 0.220 e. The average molecular weight is 269 g/mol. The van der Waals surface area contributed by atoms with Crippen LogP contribution in [0.2, 0.25) is 0 Å². The van der Waals surface area contributed by atoms with Gasteiger partial charge in [0.2, 0.25) is 5.91 Å². The molecular weight excluding hydrogens is 238 g/mol. The highest BCUT2D eigenvalue weighted by molar-refractivity contribution is 5.76. The van der Waals surface area contributed by atoms with E-state index < -0.39 is 0 Å². The standard InChI is InChI=1S/C15H31N3O/c1-4-18(5-2)12-13(3)17-15(19)9-8-14-7-6-10-16-11-14/h13-14,16H,4-12H2,1-3H3,(H,17,19). The minimum absolute atomic E-state index is 0.213. The highest BCUT2D eigenvalue weighted by atomic mass is 16.1. The molecule has 4 nitrogen and oxygen atoms in total. The second-order valence-electron chi connectivity index (χ2n) is 5.71. The summed E-state index contributed by atoms with van der Waals surface area (Å²) >= 11 is 0. The van der Waals surface area contributed by atoms with Gasteiger partial charge in [-0.3, -0.25) is 4.79 Å². The largest absolute Gasteiger partial charge is 0.352 e. The molecule has 0 aliphatic carbocycles. The van der Waals surface area contributed by atoms with Crippen molar-refractivity contribution in [3.8, 4) is 0 Å². The molecule has 4 heteroatoms. The van der Waals surface area contributed by atoms with E-state index in [2.05, 4.69) is 36.3 Å². The molecule has 2 N–H and O–H groups in total. The molecule has 1 amide bonds. The molecule has 2 atom stereocenters. The van der Waals surface area contributed by atoms with Crippen molar-refractivity contribution in [3.05, 3.63) is 0 Å². The number of carbonyl (C=O) groups excluding carboxylic acids is 1. The minimum Gasteiger partial charge on any atom is -0.352 e. The first-order valence-electron chi connectivity index (χ1n) is 7.88. The van der Waals surface area contributed by atoms with Gasteiger partial charge >= 0.3 is 0 Å². The second-order valence-corrected chi connectivity index (χ2v) is 5.71. The van der Waals surface area contributed by atoms with Gasteiger partial charge in [-0.15, -0.1) is 0 Å². The van der Waals surface area contributed by atoms with E-state index in [1.165, 1.54) is 12.8 Å². The first-order chi connectivity index (χ1) is 9.15. The predicted molar refractivity (Wildman–Crippen MR) is 80.2 cm³/mol. The molecule has 2 unspecified atom stereocenters. The number of rotatable bonds is 8. The van der Waals surface area contributed by atoms with E-state index >= 15 is 0 Å². The number of nitrogens with one attached hydrogen (secondary N) is 2. The molecule has 0 spiro atoms. The summed E-state index contributed by atoms with van der Waals surface area (Å²) in [5, 5.41) is 6.52. The van der Waals surface area contributed by atoms with Crippen molar-refractivity contribution in [2.24, 2.45) is 5.92 Å². The molecule has 0 saturated carbocycles. The van der Waals surface area contributed by atoms with Crippen LogP contribution in [0.3, 0.4) is 0 Å². The van der Waals surface area contributed by atoms with Crippen molar-refractivity contribution in [1.29, 1.82) is 0 Å². The van der Waals surface area contributed by atoms with E-state index in [0.717, 1.165) is 39.1 Å². The first-order valence-corrected chi connectivity index (χ1v) is 7.88. The summed E-state index contributed by atoms with van der Waals surface area (Å²) in [4.78, 5) is 14.2. The summed E-state index contributed by atoms with van der Waals surface area (Å²) < 4.78 is 0. The van der Waals surface area contributed by atoms with Crippen LogP contribution in [0.15, 0.2) is 0 Å². The average Bonchev–Trinajstić information content (AvgIpc) is 2.43. The third-order valence-electron chi connectivity index (χ3n) is 4.01. The zero-order valence-electron chi connectivity index (χ0n) is 12.9. The van der Waals surface area contributed by atoms with Crippen molar-refractivity contribution >= 4 is 5.91 Å². The molecule has 1 rings (SSSR count). The van der Waals surface area contributed by atoms with Crippen molar-refractivity contribution in [2.45, 2.75) is 52.5 Å². The zero-order chi connectivity index (χ0) is 14.1. The van der Waals surface area contributed by atoms with E-state index in [4.69, 9.17) is 0 Å². The Morgan fingerprint density at radius 3 is 2.74 bits per heavy atom. The van der Waals surface area contributed by atoms with Crippen molar-refractivity contribution in [3.63, 3.8) is 0 Å². The Bertz CT molecular complexity index is 248. The number of nitrogens with zero attached hydrogens (tertiary/aromatic N) is 1. The fourth-order valence-electron chi connectivity index (χ4n) is 2.77. The van der Waals surface area contributed by atoms with Gasteiger partial charge in [-0.1, -0.05) is 13.8 Å². The van der Waals surface area contributed by atoms with E-state index in [9.17, 15) is 4.79 Å². The molecule has 0 aromatic heterocycles. The topological polar surface area (TPSA) is 44.4 Å². The second kappa shape index (κ2) is 9.32. The molecule has 0 aromatic rings. The van der Waals surface area contributed by atoms with Crippen LogP contribution in [-0.4, -0.2) is 49.6 Å². The summed E-state index contributed by atoms with van der Waals surface area (Å²) in [6, 6.07) is 0.247. The van der Waals surface area contributed by atoms with Gasteiger partial charge in [-0.2, -0.15) is 0 Å².